The monoisotopic (exact) mass is 304 g/mol. The Bertz CT molecular complexity index is 677. The second-order valence-corrected chi connectivity index (χ2v) is 5.48. The van der Waals surface area contributed by atoms with Gasteiger partial charge in [-0.2, -0.15) is 5.10 Å². The molecule has 0 bridgehead atoms. The molecule has 118 valence electrons. The van der Waals surface area contributed by atoms with Crippen molar-refractivity contribution >= 4 is 5.91 Å². The second kappa shape index (κ2) is 5.88. The van der Waals surface area contributed by atoms with E-state index in [1.807, 2.05) is 20.8 Å². The normalized spacial score (nSPS) is 20.7. The molecule has 2 aromatic rings. The van der Waals surface area contributed by atoms with Crippen LogP contribution in [0.3, 0.4) is 0 Å². The smallest absolute Gasteiger partial charge is 0.272 e. The van der Waals surface area contributed by atoms with E-state index < -0.39 is 0 Å². The lowest BCUT2D eigenvalue weighted by molar-refractivity contribution is -0.00697. The summed E-state index contributed by atoms with van der Waals surface area (Å²) in [5.74, 6) is -0.192. The van der Waals surface area contributed by atoms with Crippen molar-refractivity contribution < 1.29 is 9.53 Å². The van der Waals surface area contributed by atoms with Gasteiger partial charge >= 0.3 is 0 Å². The molecule has 0 unspecified atom stereocenters. The summed E-state index contributed by atoms with van der Waals surface area (Å²) in [6, 6.07) is 0. The van der Waals surface area contributed by atoms with E-state index in [1.165, 1.54) is 0 Å². The van der Waals surface area contributed by atoms with E-state index in [9.17, 15) is 4.79 Å². The van der Waals surface area contributed by atoms with E-state index in [-0.39, 0.29) is 18.1 Å². The second-order valence-electron chi connectivity index (χ2n) is 5.48. The van der Waals surface area contributed by atoms with E-state index >= 15 is 0 Å². The summed E-state index contributed by atoms with van der Waals surface area (Å²) in [6.45, 7) is 7.03. The highest BCUT2D eigenvalue weighted by atomic mass is 16.5. The molecule has 0 aliphatic carbocycles. The molecule has 1 aliphatic rings. The Hall–Kier alpha value is -2.22. The lowest BCUT2D eigenvalue weighted by atomic mass is 9.99. The minimum atomic E-state index is -0.192. The summed E-state index contributed by atoms with van der Waals surface area (Å²) in [7, 11) is 0. The predicted octanol–water partition coefficient (Wildman–Crippen LogP) is 0.973. The molecule has 3 rings (SSSR count). The first kappa shape index (κ1) is 14.7. The van der Waals surface area contributed by atoms with Crippen LogP contribution in [0.5, 0.6) is 0 Å². The van der Waals surface area contributed by atoms with Gasteiger partial charge in [0.25, 0.3) is 5.91 Å². The van der Waals surface area contributed by atoms with Crippen molar-refractivity contribution in [1.29, 1.82) is 0 Å². The number of aromatic amines is 1. The Morgan fingerprint density at radius 1 is 1.55 bits per heavy atom. The van der Waals surface area contributed by atoms with Crippen LogP contribution in [0.15, 0.2) is 6.20 Å². The number of aryl methyl sites for hydroxylation is 1. The SMILES string of the molecule is CCn1nncc1CNC(=O)c1n[nH]c2c1C[C@H](C)O[C@@H]2C. The van der Waals surface area contributed by atoms with E-state index in [2.05, 4.69) is 25.8 Å². The van der Waals surface area contributed by atoms with E-state index in [0.717, 1.165) is 23.5 Å². The first-order valence-corrected chi connectivity index (χ1v) is 7.48. The molecular weight excluding hydrogens is 284 g/mol. The first-order chi connectivity index (χ1) is 10.6. The Kier molecular flexibility index (Phi) is 3.93. The van der Waals surface area contributed by atoms with Crippen LogP contribution in [0.4, 0.5) is 0 Å². The minimum absolute atomic E-state index is 0.0708. The zero-order valence-corrected chi connectivity index (χ0v) is 13.0. The molecule has 1 aliphatic heterocycles. The van der Waals surface area contributed by atoms with Crippen LogP contribution in [0, 0.1) is 0 Å². The van der Waals surface area contributed by atoms with Crippen LogP contribution >= 0.6 is 0 Å². The average molecular weight is 304 g/mol. The van der Waals surface area contributed by atoms with Gasteiger partial charge in [0, 0.05) is 18.5 Å². The summed E-state index contributed by atoms with van der Waals surface area (Å²) in [4.78, 5) is 12.4. The van der Waals surface area contributed by atoms with Gasteiger partial charge < -0.3 is 10.1 Å². The topological polar surface area (TPSA) is 97.7 Å². The Balaban J connectivity index is 1.74. The molecular formula is C14H20N6O2. The lowest BCUT2D eigenvalue weighted by Gasteiger charge is -2.25. The molecule has 8 heteroatoms. The van der Waals surface area contributed by atoms with Gasteiger partial charge in [0.1, 0.15) is 0 Å². The maximum atomic E-state index is 12.4. The number of amides is 1. The summed E-state index contributed by atoms with van der Waals surface area (Å²) in [5, 5.41) is 17.8. The maximum Gasteiger partial charge on any atom is 0.272 e. The third-order valence-corrected chi connectivity index (χ3v) is 3.88. The third kappa shape index (κ3) is 2.61. The van der Waals surface area contributed by atoms with Gasteiger partial charge in [-0.3, -0.25) is 9.89 Å². The molecule has 0 spiro atoms. The average Bonchev–Trinajstić information content (AvgIpc) is 3.10. The zero-order chi connectivity index (χ0) is 15.7. The molecule has 0 radical (unpaired) electrons. The standard InChI is InChI=1S/C14H20N6O2/c1-4-20-10(7-16-19-20)6-15-14(21)13-11-5-8(2)22-9(3)12(11)17-18-13/h7-9H,4-6H2,1-3H3,(H,15,21)(H,17,18)/t8-,9+/m0/s1. The quantitative estimate of drug-likeness (QED) is 0.877. The Morgan fingerprint density at radius 3 is 3.14 bits per heavy atom. The van der Waals surface area contributed by atoms with Gasteiger partial charge in [-0.05, 0) is 20.8 Å². The van der Waals surface area contributed by atoms with Crippen LogP contribution in [-0.4, -0.2) is 37.2 Å². The van der Waals surface area contributed by atoms with Crippen LogP contribution in [0.2, 0.25) is 0 Å². The number of hydrogen-bond donors (Lipinski definition) is 2. The van der Waals surface area contributed by atoms with Gasteiger partial charge in [-0.25, -0.2) is 4.68 Å². The lowest BCUT2D eigenvalue weighted by Crippen LogP contribution is -2.28. The Morgan fingerprint density at radius 2 is 2.36 bits per heavy atom. The minimum Gasteiger partial charge on any atom is -0.369 e. The molecule has 2 N–H and O–H groups in total. The van der Waals surface area contributed by atoms with Gasteiger partial charge in [-0.15, -0.1) is 5.10 Å². The number of H-pyrrole nitrogens is 1. The van der Waals surface area contributed by atoms with Crippen molar-refractivity contribution in [2.45, 2.75) is 52.5 Å². The molecule has 2 atom stereocenters. The van der Waals surface area contributed by atoms with Crippen molar-refractivity contribution in [3.05, 3.63) is 28.8 Å². The number of nitrogens with one attached hydrogen (secondary N) is 2. The number of hydrogen-bond acceptors (Lipinski definition) is 5. The number of carbonyl (C=O) groups is 1. The number of nitrogens with zero attached hydrogens (tertiary/aromatic N) is 4. The first-order valence-electron chi connectivity index (χ1n) is 7.48. The van der Waals surface area contributed by atoms with Crippen molar-refractivity contribution in [2.24, 2.45) is 0 Å². The molecule has 8 nitrogen and oxygen atoms in total. The Labute approximate surface area is 128 Å². The van der Waals surface area contributed by atoms with Crippen LogP contribution in [0.1, 0.15) is 54.3 Å². The fourth-order valence-corrected chi connectivity index (χ4v) is 2.80. The maximum absolute atomic E-state index is 12.4. The highest BCUT2D eigenvalue weighted by Crippen LogP contribution is 2.29. The van der Waals surface area contributed by atoms with Crippen molar-refractivity contribution in [3.63, 3.8) is 0 Å². The molecule has 0 saturated heterocycles. The fourth-order valence-electron chi connectivity index (χ4n) is 2.80. The number of carbonyl (C=O) groups excluding carboxylic acids is 1. The van der Waals surface area contributed by atoms with Crippen LogP contribution in [0.25, 0.3) is 0 Å². The summed E-state index contributed by atoms with van der Waals surface area (Å²) in [6.07, 6.45) is 2.35. The summed E-state index contributed by atoms with van der Waals surface area (Å²) in [5.41, 5.74) is 3.16. The summed E-state index contributed by atoms with van der Waals surface area (Å²) >= 11 is 0. The molecule has 0 aromatic carbocycles. The van der Waals surface area contributed by atoms with Gasteiger partial charge in [-0.1, -0.05) is 5.21 Å². The largest absolute Gasteiger partial charge is 0.369 e. The van der Waals surface area contributed by atoms with Gasteiger partial charge in [0.05, 0.1) is 36.3 Å². The third-order valence-electron chi connectivity index (χ3n) is 3.88. The van der Waals surface area contributed by atoms with Crippen LogP contribution < -0.4 is 5.32 Å². The highest BCUT2D eigenvalue weighted by molar-refractivity contribution is 5.94. The number of rotatable bonds is 4. The van der Waals surface area contributed by atoms with Gasteiger partial charge in [0.2, 0.25) is 0 Å². The number of aromatic nitrogens is 5. The van der Waals surface area contributed by atoms with E-state index in [4.69, 9.17) is 4.74 Å². The molecule has 2 aromatic heterocycles. The predicted molar refractivity (Wildman–Crippen MR) is 78.1 cm³/mol. The molecule has 1 amide bonds. The molecule has 3 heterocycles. The van der Waals surface area contributed by atoms with E-state index in [0.29, 0.717) is 18.7 Å². The molecule has 0 saturated carbocycles. The highest BCUT2D eigenvalue weighted by Gasteiger charge is 2.29. The fraction of sp³-hybridized carbons (Fsp3) is 0.571. The van der Waals surface area contributed by atoms with Crippen molar-refractivity contribution in [1.82, 2.24) is 30.5 Å². The van der Waals surface area contributed by atoms with Gasteiger partial charge in [0.15, 0.2) is 5.69 Å². The van der Waals surface area contributed by atoms with Crippen molar-refractivity contribution in [2.75, 3.05) is 0 Å². The van der Waals surface area contributed by atoms with E-state index in [1.54, 1.807) is 10.9 Å². The molecule has 0 fully saturated rings. The summed E-state index contributed by atoms with van der Waals surface area (Å²) < 4.78 is 7.48. The van der Waals surface area contributed by atoms with Crippen molar-refractivity contribution in [3.8, 4) is 0 Å². The number of ether oxygens (including phenoxy) is 1. The zero-order valence-electron chi connectivity index (χ0n) is 13.0. The van der Waals surface area contributed by atoms with Crippen LogP contribution in [-0.2, 0) is 24.2 Å². The number of fused-ring (bicyclic) bond motifs is 1. The molecule has 22 heavy (non-hydrogen) atoms.